The molecule has 0 radical (unpaired) electrons. The van der Waals surface area contributed by atoms with Crippen molar-refractivity contribution < 1.29 is 14.2 Å². The van der Waals surface area contributed by atoms with E-state index in [2.05, 4.69) is 0 Å². The average Bonchev–Trinajstić information content (AvgIpc) is 2.54. The summed E-state index contributed by atoms with van der Waals surface area (Å²) in [7, 11) is 3.24. The summed E-state index contributed by atoms with van der Waals surface area (Å²) in [5, 5.41) is 0. The Morgan fingerprint density at radius 3 is 2.05 bits per heavy atom. The Morgan fingerprint density at radius 1 is 0.905 bits per heavy atom. The van der Waals surface area contributed by atoms with Crippen molar-refractivity contribution in [2.45, 2.75) is 13.0 Å². The average molecular weight is 287 g/mol. The van der Waals surface area contributed by atoms with E-state index in [-0.39, 0.29) is 0 Å². The highest BCUT2D eigenvalue weighted by Crippen LogP contribution is 2.39. The predicted molar refractivity (Wildman–Crippen MR) is 83.1 cm³/mol. The second-order valence-electron chi connectivity index (χ2n) is 4.64. The van der Waals surface area contributed by atoms with Gasteiger partial charge in [-0.15, -0.1) is 0 Å². The molecule has 0 heterocycles. The fourth-order valence-electron chi connectivity index (χ4n) is 2.12. The molecule has 0 spiro atoms. The molecule has 2 aromatic rings. The predicted octanol–water partition coefficient (Wildman–Crippen LogP) is 2.78. The van der Waals surface area contributed by atoms with Crippen LogP contribution >= 0.6 is 0 Å². The zero-order valence-electron chi connectivity index (χ0n) is 12.5. The quantitative estimate of drug-likeness (QED) is 0.851. The summed E-state index contributed by atoms with van der Waals surface area (Å²) in [6, 6.07) is 13.9. The van der Waals surface area contributed by atoms with Crippen molar-refractivity contribution in [1.82, 2.24) is 0 Å². The van der Waals surface area contributed by atoms with Gasteiger partial charge < -0.3 is 19.9 Å². The van der Waals surface area contributed by atoms with E-state index < -0.39 is 0 Å². The van der Waals surface area contributed by atoms with E-state index >= 15 is 0 Å². The van der Waals surface area contributed by atoms with Crippen LogP contribution < -0.4 is 19.9 Å². The Hall–Kier alpha value is -2.20. The Balaban J connectivity index is 2.24. The number of benzene rings is 2. The molecule has 2 aromatic carbocycles. The Bertz CT molecular complexity index is 544. The number of hydrogen-bond acceptors (Lipinski definition) is 4. The summed E-state index contributed by atoms with van der Waals surface area (Å²) in [4.78, 5) is 0. The van der Waals surface area contributed by atoms with Gasteiger partial charge in [0.05, 0.1) is 14.2 Å². The third-order valence-electron chi connectivity index (χ3n) is 3.18. The van der Waals surface area contributed by atoms with E-state index in [9.17, 15) is 0 Å². The first-order valence-corrected chi connectivity index (χ1v) is 6.90. The summed E-state index contributed by atoms with van der Waals surface area (Å²) in [6.45, 7) is 1.04. The third-order valence-corrected chi connectivity index (χ3v) is 3.18. The van der Waals surface area contributed by atoms with Gasteiger partial charge >= 0.3 is 0 Å². The first kappa shape index (κ1) is 15.2. The molecule has 4 nitrogen and oxygen atoms in total. The number of hydrogen-bond donors (Lipinski definition) is 1. The zero-order valence-corrected chi connectivity index (χ0v) is 12.5. The monoisotopic (exact) mass is 287 g/mol. The van der Waals surface area contributed by atoms with Gasteiger partial charge in [-0.1, -0.05) is 30.3 Å². The van der Waals surface area contributed by atoms with E-state index in [0.717, 1.165) is 17.5 Å². The minimum atomic E-state index is 0.462. The highest BCUT2D eigenvalue weighted by atomic mass is 16.5. The van der Waals surface area contributed by atoms with Crippen LogP contribution in [0, 0.1) is 0 Å². The van der Waals surface area contributed by atoms with Crippen molar-refractivity contribution in [3.8, 4) is 17.2 Å². The maximum absolute atomic E-state index is 5.89. The van der Waals surface area contributed by atoms with Crippen LogP contribution in [0.2, 0.25) is 0 Å². The highest BCUT2D eigenvalue weighted by molar-refractivity contribution is 5.54. The molecule has 2 rings (SSSR count). The lowest BCUT2D eigenvalue weighted by Gasteiger charge is -2.16. The maximum atomic E-state index is 5.89. The van der Waals surface area contributed by atoms with Crippen LogP contribution in [0.25, 0.3) is 0 Å². The molecule has 0 aromatic heterocycles. The SMILES string of the molecule is COc1cc(CCN)cc(OC)c1OCc1ccccc1. The van der Waals surface area contributed by atoms with Crippen LogP contribution in [0.15, 0.2) is 42.5 Å². The number of methoxy groups -OCH3 is 2. The van der Waals surface area contributed by atoms with Crippen LogP contribution in [0.3, 0.4) is 0 Å². The topological polar surface area (TPSA) is 53.7 Å². The molecule has 0 aliphatic carbocycles. The first-order valence-electron chi connectivity index (χ1n) is 6.90. The van der Waals surface area contributed by atoms with Gasteiger partial charge in [-0.2, -0.15) is 0 Å². The summed E-state index contributed by atoms with van der Waals surface area (Å²) in [6.07, 6.45) is 0.770. The van der Waals surface area contributed by atoms with Crippen molar-refractivity contribution in [1.29, 1.82) is 0 Å². The molecule has 2 N–H and O–H groups in total. The van der Waals surface area contributed by atoms with Gasteiger partial charge in [0.1, 0.15) is 6.61 Å². The third kappa shape index (κ3) is 3.89. The molecule has 0 unspecified atom stereocenters. The molecule has 0 aliphatic rings. The minimum Gasteiger partial charge on any atom is -0.493 e. The molecule has 21 heavy (non-hydrogen) atoms. The maximum Gasteiger partial charge on any atom is 0.203 e. The van der Waals surface area contributed by atoms with E-state index in [4.69, 9.17) is 19.9 Å². The molecular weight excluding hydrogens is 266 g/mol. The fourth-order valence-corrected chi connectivity index (χ4v) is 2.12. The van der Waals surface area contributed by atoms with Crippen LogP contribution in [0.5, 0.6) is 17.2 Å². The Morgan fingerprint density at radius 2 is 1.52 bits per heavy atom. The summed E-state index contributed by atoms with van der Waals surface area (Å²) >= 11 is 0. The minimum absolute atomic E-state index is 0.462. The number of nitrogens with two attached hydrogens (primary N) is 1. The van der Waals surface area contributed by atoms with Crippen LogP contribution in [0.4, 0.5) is 0 Å². The fraction of sp³-hybridized carbons (Fsp3) is 0.294. The molecule has 112 valence electrons. The lowest BCUT2D eigenvalue weighted by molar-refractivity contribution is 0.265. The van der Waals surface area contributed by atoms with Gasteiger partial charge in [-0.25, -0.2) is 0 Å². The largest absolute Gasteiger partial charge is 0.493 e. The molecule has 0 bridgehead atoms. The van der Waals surface area contributed by atoms with Crippen LogP contribution in [-0.2, 0) is 13.0 Å². The molecule has 0 fully saturated rings. The molecule has 0 amide bonds. The van der Waals surface area contributed by atoms with Gasteiger partial charge in [0.15, 0.2) is 11.5 Å². The van der Waals surface area contributed by atoms with Crippen LogP contribution in [-0.4, -0.2) is 20.8 Å². The van der Waals surface area contributed by atoms with Crippen molar-refractivity contribution in [2.75, 3.05) is 20.8 Å². The van der Waals surface area contributed by atoms with E-state index in [1.807, 2.05) is 42.5 Å². The number of ether oxygens (including phenoxy) is 3. The lowest BCUT2D eigenvalue weighted by atomic mass is 10.1. The van der Waals surface area contributed by atoms with Gasteiger partial charge in [-0.05, 0) is 36.2 Å². The Labute approximate surface area is 125 Å². The van der Waals surface area contributed by atoms with Crippen molar-refractivity contribution >= 4 is 0 Å². The van der Waals surface area contributed by atoms with E-state index in [0.29, 0.717) is 30.4 Å². The standard InChI is InChI=1S/C17H21NO3/c1-19-15-10-14(8-9-18)11-16(20-2)17(15)21-12-13-6-4-3-5-7-13/h3-7,10-11H,8-9,12,18H2,1-2H3. The normalized spacial score (nSPS) is 10.2. The lowest BCUT2D eigenvalue weighted by Crippen LogP contribution is -2.05. The molecule has 4 heteroatoms. The van der Waals surface area contributed by atoms with Gasteiger partial charge in [-0.3, -0.25) is 0 Å². The molecule has 0 aliphatic heterocycles. The summed E-state index contributed by atoms with van der Waals surface area (Å²) in [5.74, 6) is 1.94. The van der Waals surface area contributed by atoms with Crippen molar-refractivity contribution in [2.24, 2.45) is 5.73 Å². The number of rotatable bonds is 7. The summed E-state index contributed by atoms with van der Waals surface area (Å²) < 4.78 is 16.7. The van der Waals surface area contributed by atoms with Gasteiger partial charge in [0.25, 0.3) is 0 Å². The molecule has 0 saturated heterocycles. The first-order chi connectivity index (χ1) is 10.3. The molecule has 0 saturated carbocycles. The van der Waals surface area contributed by atoms with Crippen LogP contribution in [0.1, 0.15) is 11.1 Å². The van der Waals surface area contributed by atoms with Gasteiger partial charge in [0.2, 0.25) is 5.75 Å². The van der Waals surface area contributed by atoms with Crippen molar-refractivity contribution in [3.63, 3.8) is 0 Å². The highest BCUT2D eigenvalue weighted by Gasteiger charge is 2.14. The molecular formula is C17H21NO3. The summed E-state index contributed by atoms with van der Waals surface area (Å²) in [5.41, 5.74) is 7.76. The second-order valence-corrected chi connectivity index (χ2v) is 4.64. The van der Waals surface area contributed by atoms with E-state index in [1.54, 1.807) is 14.2 Å². The van der Waals surface area contributed by atoms with Gasteiger partial charge in [0, 0.05) is 0 Å². The Kier molecular flexibility index (Phi) is 5.46. The van der Waals surface area contributed by atoms with E-state index in [1.165, 1.54) is 0 Å². The zero-order chi connectivity index (χ0) is 15.1. The van der Waals surface area contributed by atoms with Crippen molar-refractivity contribution in [3.05, 3.63) is 53.6 Å². The molecule has 0 atom stereocenters. The smallest absolute Gasteiger partial charge is 0.203 e. The second kappa shape index (κ2) is 7.55.